The third-order valence-electron chi connectivity index (χ3n) is 4.20. The molecule has 1 aromatic heterocycles. The molecule has 4 rings (SSSR count). The second kappa shape index (κ2) is 6.55. The minimum absolute atomic E-state index is 0.0808. The molecular formula is C19H17FN3O2. The van der Waals surface area contributed by atoms with Crippen molar-refractivity contribution in [1.82, 2.24) is 9.88 Å². The van der Waals surface area contributed by atoms with Gasteiger partial charge in [0.15, 0.2) is 5.58 Å². The van der Waals surface area contributed by atoms with Gasteiger partial charge in [-0.15, -0.1) is 0 Å². The lowest BCUT2D eigenvalue weighted by molar-refractivity contribution is -0.130. The van der Waals surface area contributed by atoms with Crippen molar-refractivity contribution in [3.63, 3.8) is 0 Å². The maximum atomic E-state index is 13.5. The number of likely N-dealkylation sites (tertiary alicyclic amines) is 1. The van der Waals surface area contributed by atoms with Crippen molar-refractivity contribution >= 4 is 23.0 Å². The molecule has 1 aliphatic rings. The predicted octanol–water partition coefficient (Wildman–Crippen LogP) is 3.71. The molecule has 2 atom stereocenters. The van der Waals surface area contributed by atoms with Gasteiger partial charge in [-0.3, -0.25) is 4.79 Å². The van der Waals surface area contributed by atoms with E-state index >= 15 is 0 Å². The van der Waals surface area contributed by atoms with Gasteiger partial charge < -0.3 is 14.6 Å². The first-order valence-corrected chi connectivity index (χ1v) is 8.15. The molecule has 2 heterocycles. The average Bonchev–Trinajstić information content (AvgIpc) is 3.25. The van der Waals surface area contributed by atoms with Crippen LogP contribution in [0.2, 0.25) is 0 Å². The summed E-state index contributed by atoms with van der Waals surface area (Å²) in [5.41, 5.74) is 2.12. The van der Waals surface area contributed by atoms with Gasteiger partial charge in [-0.1, -0.05) is 42.5 Å². The van der Waals surface area contributed by atoms with Crippen molar-refractivity contribution in [2.24, 2.45) is 0 Å². The highest BCUT2D eigenvalue weighted by Gasteiger charge is 2.32. The number of benzene rings is 2. The van der Waals surface area contributed by atoms with Gasteiger partial charge in [-0.25, -0.2) is 4.39 Å². The van der Waals surface area contributed by atoms with Crippen LogP contribution in [0.5, 0.6) is 0 Å². The maximum absolute atomic E-state index is 13.5. The van der Waals surface area contributed by atoms with Crippen LogP contribution in [0.25, 0.3) is 11.1 Å². The van der Waals surface area contributed by atoms with Crippen molar-refractivity contribution in [1.29, 1.82) is 0 Å². The summed E-state index contributed by atoms with van der Waals surface area (Å²) in [5, 5.41) is 3.06. The summed E-state index contributed by atoms with van der Waals surface area (Å²) in [5.74, 6) is -0.228. The number of anilines is 1. The van der Waals surface area contributed by atoms with E-state index in [0.29, 0.717) is 11.1 Å². The van der Waals surface area contributed by atoms with Gasteiger partial charge in [0.1, 0.15) is 17.7 Å². The average molecular weight is 338 g/mol. The van der Waals surface area contributed by atoms with E-state index in [9.17, 15) is 9.18 Å². The van der Waals surface area contributed by atoms with Crippen LogP contribution in [0.15, 0.2) is 59.0 Å². The summed E-state index contributed by atoms with van der Waals surface area (Å²) in [4.78, 5) is 18.7. The molecule has 0 bridgehead atoms. The molecule has 0 saturated carbocycles. The number of para-hydroxylation sites is 2. The lowest BCUT2D eigenvalue weighted by Crippen LogP contribution is -2.35. The van der Waals surface area contributed by atoms with Crippen molar-refractivity contribution in [3.05, 3.63) is 66.7 Å². The molecule has 1 fully saturated rings. The normalized spacial score (nSPS) is 18.4. The van der Waals surface area contributed by atoms with Crippen molar-refractivity contribution in [2.45, 2.75) is 18.6 Å². The Morgan fingerprint density at radius 3 is 2.68 bits per heavy atom. The zero-order valence-electron chi connectivity index (χ0n) is 13.4. The first-order valence-electron chi connectivity index (χ1n) is 8.15. The molecule has 0 spiro atoms. The number of carbonyl (C=O) groups excluding carboxylic acids is 1. The quantitative estimate of drug-likeness (QED) is 0.788. The molecule has 5 nitrogen and oxygen atoms in total. The molecule has 25 heavy (non-hydrogen) atoms. The summed E-state index contributed by atoms with van der Waals surface area (Å²) in [6, 6.07) is 16.2. The van der Waals surface area contributed by atoms with Gasteiger partial charge >= 0.3 is 0 Å². The smallest absolute Gasteiger partial charge is 0.296 e. The van der Waals surface area contributed by atoms with Gasteiger partial charge in [0.2, 0.25) is 5.91 Å². The van der Waals surface area contributed by atoms with E-state index in [-0.39, 0.29) is 24.9 Å². The Labute approximate surface area is 144 Å². The third-order valence-corrected chi connectivity index (χ3v) is 4.20. The minimum Gasteiger partial charge on any atom is -0.424 e. The van der Waals surface area contributed by atoms with Crippen LogP contribution >= 0.6 is 0 Å². The number of rotatable bonds is 4. The highest BCUT2D eigenvalue weighted by atomic mass is 19.1. The summed E-state index contributed by atoms with van der Waals surface area (Å²) >= 11 is 0. The van der Waals surface area contributed by atoms with Gasteiger partial charge in [0.05, 0.1) is 13.1 Å². The Kier molecular flexibility index (Phi) is 4.09. The Bertz CT molecular complexity index is 848. The monoisotopic (exact) mass is 338 g/mol. The fraction of sp³-hybridized carbons (Fsp3) is 0.211. The largest absolute Gasteiger partial charge is 0.424 e. The lowest BCUT2D eigenvalue weighted by Gasteiger charge is -2.23. The van der Waals surface area contributed by atoms with Crippen LogP contribution in [0.4, 0.5) is 10.4 Å². The second-order valence-corrected chi connectivity index (χ2v) is 5.98. The first kappa shape index (κ1) is 15.6. The molecule has 2 aromatic carbocycles. The van der Waals surface area contributed by atoms with Crippen molar-refractivity contribution in [3.8, 4) is 0 Å². The Morgan fingerprint density at radius 1 is 1.20 bits per heavy atom. The lowest BCUT2D eigenvalue weighted by atomic mass is 10.1. The Hall–Kier alpha value is -2.89. The van der Waals surface area contributed by atoms with E-state index in [1.165, 1.54) is 4.90 Å². The molecule has 2 unspecified atom stereocenters. The molecule has 0 aliphatic carbocycles. The number of fused-ring (bicyclic) bond motifs is 1. The zero-order chi connectivity index (χ0) is 17.2. The van der Waals surface area contributed by atoms with E-state index in [0.717, 1.165) is 5.56 Å². The standard InChI is InChI=1S/C19H17FN3O2/c20-14-10-11-23(12-14)18(24)17(13-6-2-1-3-7-13)22-19-21-15-8-4-5-9-16(15)25-19/h1-9,11,14,17H,10,12H2,(H,21,22). The summed E-state index contributed by atoms with van der Waals surface area (Å²) in [6.45, 7) is 1.69. The fourth-order valence-electron chi connectivity index (χ4n) is 2.94. The van der Waals surface area contributed by atoms with Crippen molar-refractivity contribution in [2.75, 3.05) is 11.9 Å². The maximum Gasteiger partial charge on any atom is 0.296 e. The number of hydrogen-bond donors (Lipinski definition) is 1. The van der Waals surface area contributed by atoms with Gasteiger partial charge in [-0.05, 0) is 17.7 Å². The van der Waals surface area contributed by atoms with E-state index in [1.807, 2.05) is 54.6 Å². The van der Waals surface area contributed by atoms with E-state index in [2.05, 4.69) is 10.3 Å². The first-order chi connectivity index (χ1) is 12.2. The number of nitrogens with zero attached hydrogens (tertiary/aromatic N) is 2. The molecular weight excluding hydrogens is 321 g/mol. The number of nitrogens with one attached hydrogen (secondary N) is 1. The number of aromatic nitrogens is 1. The summed E-state index contributed by atoms with van der Waals surface area (Å²) < 4.78 is 19.2. The third kappa shape index (κ3) is 3.20. The molecule has 1 radical (unpaired) electrons. The summed E-state index contributed by atoms with van der Waals surface area (Å²) in [7, 11) is 0. The van der Waals surface area contributed by atoms with Gasteiger partial charge in [0, 0.05) is 6.42 Å². The fourth-order valence-corrected chi connectivity index (χ4v) is 2.94. The van der Waals surface area contributed by atoms with Gasteiger partial charge in [-0.2, -0.15) is 4.98 Å². The number of carbonyl (C=O) groups is 1. The van der Waals surface area contributed by atoms with E-state index in [1.54, 1.807) is 6.54 Å². The van der Waals surface area contributed by atoms with Gasteiger partial charge in [0.25, 0.3) is 6.01 Å². The van der Waals surface area contributed by atoms with E-state index in [4.69, 9.17) is 4.42 Å². The highest BCUT2D eigenvalue weighted by molar-refractivity contribution is 5.87. The minimum atomic E-state index is -1.01. The molecule has 127 valence electrons. The number of hydrogen-bond acceptors (Lipinski definition) is 4. The Morgan fingerprint density at radius 2 is 1.96 bits per heavy atom. The van der Waals surface area contributed by atoms with Crippen molar-refractivity contribution < 1.29 is 13.6 Å². The molecule has 1 amide bonds. The van der Waals surface area contributed by atoms with Crippen LogP contribution in [-0.4, -0.2) is 28.5 Å². The predicted molar refractivity (Wildman–Crippen MR) is 92.3 cm³/mol. The summed E-state index contributed by atoms with van der Waals surface area (Å²) in [6.07, 6.45) is -0.749. The van der Waals surface area contributed by atoms with E-state index < -0.39 is 12.2 Å². The molecule has 1 N–H and O–H groups in total. The zero-order valence-corrected chi connectivity index (χ0v) is 13.4. The number of amides is 1. The number of halogens is 1. The van der Waals surface area contributed by atoms with Crippen LogP contribution in [0.3, 0.4) is 0 Å². The van der Waals surface area contributed by atoms with Crippen LogP contribution < -0.4 is 5.32 Å². The van der Waals surface area contributed by atoms with Crippen LogP contribution in [0, 0.1) is 6.54 Å². The Balaban J connectivity index is 1.64. The molecule has 1 saturated heterocycles. The second-order valence-electron chi connectivity index (χ2n) is 5.98. The molecule has 6 heteroatoms. The van der Waals surface area contributed by atoms with Crippen LogP contribution in [0.1, 0.15) is 18.0 Å². The van der Waals surface area contributed by atoms with Crippen LogP contribution in [-0.2, 0) is 4.79 Å². The highest BCUT2D eigenvalue weighted by Crippen LogP contribution is 2.27. The SMILES string of the molecule is O=C(C(Nc1nc2ccccc2o1)c1ccccc1)N1[CH]CC(F)C1. The number of oxazole rings is 1. The number of alkyl halides is 1. The molecule has 1 aliphatic heterocycles. The molecule has 3 aromatic rings. The topological polar surface area (TPSA) is 58.4 Å².